The number of primary sulfonamides is 1. The highest BCUT2D eigenvalue weighted by Gasteiger charge is 2.14. The maximum Gasteiger partial charge on any atom is 0.257 e. The van der Waals surface area contributed by atoms with Crippen LogP contribution in [0.2, 0.25) is 0 Å². The van der Waals surface area contributed by atoms with E-state index >= 15 is 0 Å². The van der Waals surface area contributed by atoms with Gasteiger partial charge in [0.15, 0.2) is 5.03 Å². The molecule has 0 aliphatic carbocycles. The third-order valence-corrected chi connectivity index (χ3v) is 3.22. The van der Waals surface area contributed by atoms with Crippen LogP contribution in [0.15, 0.2) is 41.6 Å². The Morgan fingerprint density at radius 2 is 1.94 bits per heavy atom. The van der Waals surface area contributed by atoms with Crippen molar-refractivity contribution < 1.29 is 8.42 Å². The minimum Gasteiger partial charge on any atom is -0.329 e. The zero-order valence-electron chi connectivity index (χ0n) is 9.37. The molecule has 1 aromatic carbocycles. The molecule has 2 aromatic rings. The zero-order valence-corrected chi connectivity index (χ0v) is 10.2. The van der Waals surface area contributed by atoms with E-state index in [0.717, 1.165) is 5.56 Å². The van der Waals surface area contributed by atoms with Gasteiger partial charge in [0.25, 0.3) is 10.0 Å². The lowest BCUT2D eigenvalue weighted by Crippen LogP contribution is -2.12. The van der Waals surface area contributed by atoms with Crippen molar-refractivity contribution in [2.24, 2.45) is 5.14 Å². The van der Waals surface area contributed by atoms with E-state index in [9.17, 15) is 8.42 Å². The standard InChI is InChI=1S/C11H13N3O2S/c1-9-13-11(17(12,15)16)8-14(9)7-10-5-3-2-4-6-10/h2-6,8H,7H2,1H3,(H2,12,15,16). The third-order valence-electron chi connectivity index (χ3n) is 2.44. The van der Waals surface area contributed by atoms with Crippen LogP contribution in [0.3, 0.4) is 0 Å². The van der Waals surface area contributed by atoms with Gasteiger partial charge in [-0.15, -0.1) is 0 Å². The van der Waals surface area contributed by atoms with Crippen LogP contribution in [0.4, 0.5) is 0 Å². The number of aromatic nitrogens is 2. The fourth-order valence-electron chi connectivity index (χ4n) is 1.56. The van der Waals surface area contributed by atoms with Gasteiger partial charge in [0, 0.05) is 12.7 Å². The highest BCUT2D eigenvalue weighted by atomic mass is 32.2. The molecule has 2 rings (SSSR count). The van der Waals surface area contributed by atoms with Crippen LogP contribution in [0.1, 0.15) is 11.4 Å². The molecular weight excluding hydrogens is 238 g/mol. The molecule has 90 valence electrons. The predicted molar refractivity (Wildman–Crippen MR) is 63.9 cm³/mol. The molecule has 0 aliphatic heterocycles. The first-order chi connectivity index (χ1) is 7.97. The van der Waals surface area contributed by atoms with Gasteiger partial charge >= 0.3 is 0 Å². The summed E-state index contributed by atoms with van der Waals surface area (Å²) in [5.74, 6) is 0.623. The summed E-state index contributed by atoms with van der Waals surface area (Å²) in [6.07, 6.45) is 1.46. The summed E-state index contributed by atoms with van der Waals surface area (Å²) in [6.45, 7) is 2.33. The number of aryl methyl sites for hydroxylation is 1. The summed E-state index contributed by atoms with van der Waals surface area (Å²) in [5.41, 5.74) is 1.08. The molecule has 5 nitrogen and oxygen atoms in total. The minimum atomic E-state index is -3.73. The molecule has 0 bridgehead atoms. The minimum absolute atomic E-state index is 0.0917. The summed E-state index contributed by atoms with van der Waals surface area (Å²) in [7, 11) is -3.73. The molecule has 0 atom stereocenters. The fourth-order valence-corrected chi connectivity index (χ4v) is 2.09. The molecular formula is C11H13N3O2S. The largest absolute Gasteiger partial charge is 0.329 e. The number of hydrogen-bond donors (Lipinski definition) is 1. The molecule has 2 N–H and O–H groups in total. The SMILES string of the molecule is Cc1nc(S(N)(=O)=O)cn1Cc1ccccc1. The van der Waals surface area contributed by atoms with Gasteiger partial charge in [-0.25, -0.2) is 18.5 Å². The Balaban J connectivity index is 2.32. The number of nitrogens with two attached hydrogens (primary N) is 1. The van der Waals surface area contributed by atoms with E-state index in [4.69, 9.17) is 5.14 Å². The lowest BCUT2D eigenvalue weighted by molar-refractivity contribution is 0.594. The molecule has 0 saturated carbocycles. The summed E-state index contributed by atoms with van der Waals surface area (Å²) in [5, 5.41) is 4.94. The first-order valence-electron chi connectivity index (χ1n) is 5.07. The first kappa shape index (κ1) is 11.8. The summed E-state index contributed by atoms with van der Waals surface area (Å²) < 4.78 is 24.1. The molecule has 1 aromatic heterocycles. The van der Waals surface area contributed by atoms with Gasteiger partial charge in [-0.05, 0) is 12.5 Å². The second-order valence-corrected chi connectivity index (χ2v) is 5.29. The Bertz CT molecular complexity index is 617. The quantitative estimate of drug-likeness (QED) is 0.879. The summed E-state index contributed by atoms with van der Waals surface area (Å²) in [6, 6.07) is 9.73. The van der Waals surface area contributed by atoms with Gasteiger partial charge < -0.3 is 4.57 Å². The average Bonchev–Trinajstić information content (AvgIpc) is 2.62. The van der Waals surface area contributed by atoms with E-state index in [1.165, 1.54) is 6.20 Å². The Morgan fingerprint density at radius 3 is 2.47 bits per heavy atom. The smallest absolute Gasteiger partial charge is 0.257 e. The van der Waals surface area contributed by atoms with E-state index in [-0.39, 0.29) is 5.03 Å². The fraction of sp³-hybridized carbons (Fsp3) is 0.182. The number of nitrogens with zero attached hydrogens (tertiary/aromatic N) is 2. The lowest BCUT2D eigenvalue weighted by atomic mass is 10.2. The zero-order chi connectivity index (χ0) is 12.5. The maximum atomic E-state index is 11.2. The van der Waals surface area contributed by atoms with Gasteiger partial charge in [-0.1, -0.05) is 30.3 Å². The molecule has 17 heavy (non-hydrogen) atoms. The van der Waals surface area contributed by atoms with Crippen molar-refractivity contribution in [3.63, 3.8) is 0 Å². The maximum absolute atomic E-state index is 11.2. The van der Waals surface area contributed by atoms with Crippen LogP contribution in [-0.4, -0.2) is 18.0 Å². The normalized spacial score (nSPS) is 11.6. The number of sulfonamides is 1. The molecule has 0 fully saturated rings. The van der Waals surface area contributed by atoms with Crippen molar-refractivity contribution in [1.82, 2.24) is 9.55 Å². The predicted octanol–water partition coefficient (Wildman–Crippen LogP) is 0.887. The Morgan fingerprint density at radius 1 is 1.29 bits per heavy atom. The van der Waals surface area contributed by atoms with Gasteiger partial charge in [0.1, 0.15) is 5.82 Å². The second-order valence-electron chi connectivity index (χ2n) is 3.78. The average molecular weight is 251 g/mol. The molecule has 0 aliphatic rings. The monoisotopic (exact) mass is 251 g/mol. The van der Waals surface area contributed by atoms with Crippen LogP contribution in [0.5, 0.6) is 0 Å². The van der Waals surface area contributed by atoms with Crippen molar-refractivity contribution in [2.75, 3.05) is 0 Å². The van der Waals surface area contributed by atoms with Gasteiger partial charge in [-0.2, -0.15) is 0 Å². The molecule has 0 spiro atoms. The number of hydrogen-bond acceptors (Lipinski definition) is 3. The van der Waals surface area contributed by atoms with Gasteiger partial charge in [0.05, 0.1) is 0 Å². The van der Waals surface area contributed by atoms with Crippen molar-refractivity contribution in [2.45, 2.75) is 18.5 Å². The van der Waals surface area contributed by atoms with Crippen LogP contribution in [0, 0.1) is 6.92 Å². The number of benzene rings is 1. The highest BCUT2D eigenvalue weighted by molar-refractivity contribution is 7.89. The third kappa shape index (κ3) is 2.72. The van der Waals surface area contributed by atoms with Crippen LogP contribution in [0.25, 0.3) is 0 Å². The molecule has 0 saturated heterocycles. The van der Waals surface area contributed by atoms with E-state index < -0.39 is 10.0 Å². The molecule has 1 heterocycles. The van der Waals surface area contributed by atoms with Crippen molar-refractivity contribution in [3.05, 3.63) is 47.9 Å². The summed E-state index contributed by atoms with van der Waals surface area (Å²) >= 11 is 0. The molecule has 0 amide bonds. The first-order valence-corrected chi connectivity index (χ1v) is 6.62. The Labute approximate surface area is 100.0 Å². The van der Waals surface area contributed by atoms with Crippen LogP contribution < -0.4 is 5.14 Å². The highest BCUT2D eigenvalue weighted by Crippen LogP contribution is 2.10. The Kier molecular flexibility index (Phi) is 2.99. The van der Waals surface area contributed by atoms with Crippen LogP contribution in [-0.2, 0) is 16.6 Å². The molecule has 6 heteroatoms. The second kappa shape index (κ2) is 4.31. The molecule has 0 unspecified atom stereocenters. The van der Waals surface area contributed by atoms with E-state index in [2.05, 4.69) is 4.98 Å². The number of rotatable bonds is 3. The van der Waals surface area contributed by atoms with Crippen molar-refractivity contribution in [3.8, 4) is 0 Å². The summed E-state index contributed by atoms with van der Waals surface area (Å²) in [4.78, 5) is 3.93. The van der Waals surface area contributed by atoms with E-state index in [1.807, 2.05) is 30.3 Å². The topological polar surface area (TPSA) is 78.0 Å². The Hall–Kier alpha value is -1.66. The van der Waals surface area contributed by atoms with Crippen LogP contribution >= 0.6 is 0 Å². The lowest BCUT2D eigenvalue weighted by Gasteiger charge is -2.03. The number of imidazole rings is 1. The van der Waals surface area contributed by atoms with E-state index in [1.54, 1.807) is 11.5 Å². The van der Waals surface area contributed by atoms with E-state index in [0.29, 0.717) is 12.4 Å². The molecule has 0 radical (unpaired) electrons. The van der Waals surface area contributed by atoms with Gasteiger partial charge in [-0.3, -0.25) is 0 Å². The van der Waals surface area contributed by atoms with Crippen molar-refractivity contribution in [1.29, 1.82) is 0 Å². The van der Waals surface area contributed by atoms with Gasteiger partial charge in [0.2, 0.25) is 0 Å². The van der Waals surface area contributed by atoms with Crippen molar-refractivity contribution >= 4 is 10.0 Å².